The van der Waals surface area contributed by atoms with Gasteiger partial charge in [0.25, 0.3) is 5.91 Å². The first-order valence-electron chi connectivity index (χ1n) is 9.96. The van der Waals surface area contributed by atoms with E-state index in [1.807, 2.05) is 6.07 Å². The van der Waals surface area contributed by atoms with Gasteiger partial charge in [-0.25, -0.2) is 14.4 Å². The Labute approximate surface area is 177 Å². The molecule has 1 saturated carbocycles. The number of nitrogens with one attached hydrogen (secondary N) is 1. The van der Waals surface area contributed by atoms with Gasteiger partial charge in [-0.15, -0.1) is 0 Å². The van der Waals surface area contributed by atoms with Gasteiger partial charge in [-0.05, 0) is 37.1 Å². The summed E-state index contributed by atoms with van der Waals surface area (Å²) in [6.45, 7) is 2.26. The summed E-state index contributed by atoms with van der Waals surface area (Å²) in [6.07, 6.45) is 5.69. The van der Waals surface area contributed by atoms with Crippen molar-refractivity contribution in [2.75, 3.05) is 36.4 Å². The van der Waals surface area contributed by atoms with Gasteiger partial charge in [0, 0.05) is 38.4 Å². The van der Waals surface area contributed by atoms with E-state index in [9.17, 15) is 9.18 Å². The zero-order valence-electron chi connectivity index (χ0n) is 16.2. The Kier molecular flexibility index (Phi) is 4.86. The van der Waals surface area contributed by atoms with Crippen LogP contribution in [0, 0.1) is 5.82 Å². The van der Waals surface area contributed by atoms with Gasteiger partial charge in [0.05, 0.1) is 22.3 Å². The molecule has 1 N–H and O–H groups in total. The van der Waals surface area contributed by atoms with Crippen LogP contribution in [0.3, 0.4) is 0 Å². The third-order valence-corrected chi connectivity index (χ3v) is 5.71. The molecule has 1 aliphatic heterocycles. The lowest BCUT2D eigenvalue weighted by molar-refractivity contribution is 0.0746. The van der Waals surface area contributed by atoms with Gasteiger partial charge >= 0.3 is 0 Å². The number of piperazine rings is 1. The van der Waals surface area contributed by atoms with E-state index in [-0.39, 0.29) is 10.9 Å². The minimum atomic E-state index is -0.457. The maximum atomic E-state index is 13.3. The molecule has 2 aliphatic rings. The van der Waals surface area contributed by atoms with Crippen LogP contribution in [0.25, 0.3) is 11.0 Å². The summed E-state index contributed by atoms with van der Waals surface area (Å²) in [5.41, 5.74) is 1.86. The summed E-state index contributed by atoms with van der Waals surface area (Å²) in [7, 11) is 0. The lowest BCUT2D eigenvalue weighted by Gasteiger charge is -2.36. The summed E-state index contributed by atoms with van der Waals surface area (Å²) in [4.78, 5) is 30.4. The average molecular weight is 427 g/mol. The predicted octanol–water partition coefficient (Wildman–Crippen LogP) is 3.35. The average Bonchev–Trinajstić information content (AvgIpc) is 3.57. The van der Waals surface area contributed by atoms with Crippen molar-refractivity contribution in [1.29, 1.82) is 0 Å². The first kappa shape index (κ1) is 19.0. The SMILES string of the molecule is O=C(c1ccc(F)cc1Cl)N1CCN(c2nc3cnccc3nc2NC2CC2)CC1. The van der Waals surface area contributed by atoms with Gasteiger partial charge in [-0.3, -0.25) is 9.78 Å². The Hall–Kier alpha value is -3.00. The summed E-state index contributed by atoms with van der Waals surface area (Å²) >= 11 is 6.07. The number of amides is 1. The highest BCUT2D eigenvalue weighted by Crippen LogP contribution is 2.31. The second-order valence-electron chi connectivity index (χ2n) is 7.58. The van der Waals surface area contributed by atoms with Crippen molar-refractivity contribution < 1.29 is 9.18 Å². The third kappa shape index (κ3) is 3.75. The molecule has 0 radical (unpaired) electrons. The zero-order chi connectivity index (χ0) is 20.7. The second kappa shape index (κ2) is 7.68. The molecule has 2 fully saturated rings. The smallest absolute Gasteiger partial charge is 0.255 e. The number of carbonyl (C=O) groups is 1. The molecule has 1 aromatic carbocycles. The number of hydrogen-bond donors (Lipinski definition) is 1. The van der Waals surface area contributed by atoms with Crippen molar-refractivity contribution in [1.82, 2.24) is 19.9 Å². The van der Waals surface area contributed by atoms with E-state index >= 15 is 0 Å². The number of anilines is 2. The van der Waals surface area contributed by atoms with Crippen molar-refractivity contribution in [3.63, 3.8) is 0 Å². The van der Waals surface area contributed by atoms with Crippen LogP contribution in [0.1, 0.15) is 23.2 Å². The van der Waals surface area contributed by atoms with E-state index in [1.54, 1.807) is 17.3 Å². The molecule has 30 heavy (non-hydrogen) atoms. The Morgan fingerprint density at radius 1 is 1.10 bits per heavy atom. The summed E-state index contributed by atoms with van der Waals surface area (Å²) in [5, 5.41) is 3.61. The second-order valence-corrected chi connectivity index (χ2v) is 7.99. The number of pyridine rings is 1. The lowest BCUT2D eigenvalue weighted by atomic mass is 10.1. The van der Waals surface area contributed by atoms with E-state index in [1.165, 1.54) is 18.2 Å². The number of nitrogens with zero attached hydrogens (tertiary/aromatic N) is 5. The fourth-order valence-electron chi connectivity index (χ4n) is 3.59. The molecule has 5 rings (SSSR count). The number of benzene rings is 1. The van der Waals surface area contributed by atoms with Gasteiger partial charge in [-0.1, -0.05) is 11.6 Å². The monoisotopic (exact) mass is 426 g/mol. The number of aromatic nitrogens is 3. The van der Waals surface area contributed by atoms with Crippen LogP contribution in [-0.2, 0) is 0 Å². The first-order chi connectivity index (χ1) is 14.6. The molecule has 1 aliphatic carbocycles. The zero-order valence-corrected chi connectivity index (χ0v) is 16.9. The summed E-state index contributed by atoms with van der Waals surface area (Å²) < 4.78 is 13.3. The topological polar surface area (TPSA) is 74.2 Å². The molecule has 154 valence electrons. The highest BCUT2D eigenvalue weighted by molar-refractivity contribution is 6.33. The van der Waals surface area contributed by atoms with Gasteiger partial charge in [0.1, 0.15) is 11.3 Å². The van der Waals surface area contributed by atoms with E-state index in [2.05, 4.69) is 15.2 Å². The number of rotatable bonds is 4. The number of carbonyl (C=O) groups excluding carboxylic acids is 1. The molecule has 0 spiro atoms. The quantitative estimate of drug-likeness (QED) is 0.689. The van der Waals surface area contributed by atoms with E-state index in [4.69, 9.17) is 21.6 Å². The molecule has 0 unspecified atom stereocenters. The van der Waals surface area contributed by atoms with Crippen LogP contribution >= 0.6 is 11.6 Å². The lowest BCUT2D eigenvalue weighted by Crippen LogP contribution is -2.49. The Morgan fingerprint density at radius 2 is 1.90 bits per heavy atom. The fourth-order valence-corrected chi connectivity index (χ4v) is 3.84. The highest BCUT2D eigenvalue weighted by atomic mass is 35.5. The van der Waals surface area contributed by atoms with Gasteiger partial charge in [-0.2, -0.15) is 0 Å². The molecular weight excluding hydrogens is 407 g/mol. The van der Waals surface area contributed by atoms with Crippen molar-refractivity contribution in [3.8, 4) is 0 Å². The van der Waals surface area contributed by atoms with E-state index in [0.717, 1.165) is 35.5 Å². The van der Waals surface area contributed by atoms with Crippen LogP contribution in [-0.4, -0.2) is 58.0 Å². The van der Waals surface area contributed by atoms with Crippen LogP contribution in [0.4, 0.5) is 16.0 Å². The molecule has 9 heteroatoms. The normalized spacial score (nSPS) is 16.7. The van der Waals surface area contributed by atoms with Crippen molar-refractivity contribution in [3.05, 3.63) is 53.1 Å². The van der Waals surface area contributed by atoms with Crippen LogP contribution < -0.4 is 10.2 Å². The first-order valence-corrected chi connectivity index (χ1v) is 10.3. The Morgan fingerprint density at radius 3 is 2.63 bits per heavy atom. The highest BCUT2D eigenvalue weighted by Gasteiger charge is 2.28. The van der Waals surface area contributed by atoms with Crippen molar-refractivity contribution in [2.24, 2.45) is 0 Å². The molecule has 7 nitrogen and oxygen atoms in total. The van der Waals surface area contributed by atoms with Crippen molar-refractivity contribution in [2.45, 2.75) is 18.9 Å². The van der Waals surface area contributed by atoms with Crippen LogP contribution in [0.5, 0.6) is 0 Å². The molecule has 3 aromatic rings. The molecule has 1 saturated heterocycles. The maximum Gasteiger partial charge on any atom is 0.255 e. The number of fused-ring (bicyclic) bond motifs is 1. The summed E-state index contributed by atoms with van der Waals surface area (Å²) in [6, 6.07) is 6.16. The van der Waals surface area contributed by atoms with Crippen molar-refractivity contribution >= 4 is 40.2 Å². The predicted molar refractivity (Wildman–Crippen MR) is 114 cm³/mol. The van der Waals surface area contributed by atoms with Gasteiger partial charge in [0.15, 0.2) is 11.6 Å². The Balaban J connectivity index is 1.36. The standard InChI is InChI=1S/C21H20ClFN6O/c22-16-11-13(23)1-4-15(16)21(30)29-9-7-28(8-10-29)20-19(25-14-2-3-14)26-17-5-6-24-12-18(17)27-20/h1,4-6,11-12,14H,2-3,7-10H2,(H,25,26). The number of halogens is 2. The third-order valence-electron chi connectivity index (χ3n) is 5.39. The molecule has 1 amide bonds. The minimum Gasteiger partial charge on any atom is -0.364 e. The molecule has 2 aromatic heterocycles. The van der Waals surface area contributed by atoms with Crippen LogP contribution in [0.15, 0.2) is 36.7 Å². The van der Waals surface area contributed by atoms with Gasteiger partial charge in [0.2, 0.25) is 0 Å². The molecule has 0 bridgehead atoms. The van der Waals surface area contributed by atoms with Crippen LogP contribution in [0.2, 0.25) is 5.02 Å². The number of hydrogen-bond acceptors (Lipinski definition) is 6. The molecule has 0 atom stereocenters. The van der Waals surface area contributed by atoms with E-state index in [0.29, 0.717) is 37.8 Å². The largest absolute Gasteiger partial charge is 0.364 e. The fraction of sp³-hybridized carbons (Fsp3) is 0.333. The molecule has 3 heterocycles. The maximum absolute atomic E-state index is 13.3. The Bertz CT molecular complexity index is 1110. The van der Waals surface area contributed by atoms with E-state index < -0.39 is 5.82 Å². The molecular formula is C21H20ClFN6O. The summed E-state index contributed by atoms with van der Waals surface area (Å²) in [5.74, 6) is 0.915. The van der Waals surface area contributed by atoms with Gasteiger partial charge < -0.3 is 15.1 Å². The minimum absolute atomic E-state index is 0.131.